The van der Waals surface area contributed by atoms with Gasteiger partial charge in [-0.2, -0.15) is 4.31 Å². The highest BCUT2D eigenvalue weighted by molar-refractivity contribution is 7.91. The number of carbonyl (C=O) groups is 1. The van der Waals surface area contributed by atoms with E-state index in [1.165, 1.54) is 15.6 Å². The van der Waals surface area contributed by atoms with Crippen LogP contribution in [0.25, 0.3) is 0 Å². The number of nitrogens with zero attached hydrogens (tertiary/aromatic N) is 2. The molecule has 0 radical (unpaired) electrons. The summed E-state index contributed by atoms with van der Waals surface area (Å²) in [7, 11) is -3.37. The molecule has 0 bridgehead atoms. The van der Waals surface area contributed by atoms with E-state index >= 15 is 0 Å². The summed E-state index contributed by atoms with van der Waals surface area (Å²) in [5.74, 6) is -0.0279. The molecule has 25 heavy (non-hydrogen) atoms. The molecular formula is C17H21N3O3S2. The Morgan fingerprint density at radius 2 is 1.76 bits per heavy atom. The maximum absolute atomic E-state index is 12.5. The number of benzene rings is 1. The number of nitrogens with one attached hydrogen (secondary N) is 1. The molecule has 1 N–H and O–H groups in total. The van der Waals surface area contributed by atoms with E-state index in [1.54, 1.807) is 17.5 Å². The van der Waals surface area contributed by atoms with Gasteiger partial charge in [-0.25, -0.2) is 8.42 Å². The first-order valence-electron chi connectivity index (χ1n) is 8.16. The third kappa shape index (κ3) is 4.66. The summed E-state index contributed by atoms with van der Waals surface area (Å²) in [5, 5.41) is 4.63. The van der Waals surface area contributed by atoms with Gasteiger partial charge >= 0.3 is 0 Å². The Labute approximate surface area is 152 Å². The second-order valence-electron chi connectivity index (χ2n) is 5.84. The van der Waals surface area contributed by atoms with E-state index in [1.807, 2.05) is 30.3 Å². The number of rotatable bonds is 6. The van der Waals surface area contributed by atoms with Gasteiger partial charge < -0.3 is 10.2 Å². The molecule has 8 heteroatoms. The first-order chi connectivity index (χ1) is 12.1. The van der Waals surface area contributed by atoms with Gasteiger partial charge in [-0.1, -0.05) is 24.3 Å². The van der Waals surface area contributed by atoms with E-state index in [2.05, 4.69) is 10.2 Å². The summed E-state index contributed by atoms with van der Waals surface area (Å²) in [5.41, 5.74) is 0.791. The van der Waals surface area contributed by atoms with Crippen LogP contribution in [0.2, 0.25) is 0 Å². The van der Waals surface area contributed by atoms with Gasteiger partial charge in [0, 0.05) is 44.8 Å². The highest BCUT2D eigenvalue weighted by atomic mass is 32.2. The van der Waals surface area contributed by atoms with Gasteiger partial charge in [-0.15, -0.1) is 11.3 Å². The molecule has 1 saturated heterocycles. The molecule has 1 aromatic heterocycles. The Morgan fingerprint density at radius 1 is 1.04 bits per heavy atom. The van der Waals surface area contributed by atoms with Crippen LogP contribution >= 0.6 is 11.3 Å². The molecule has 0 spiro atoms. The second-order valence-corrected chi connectivity index (χ2v) is 8.95. The number of para-hydroxylation sites is 1. The highest BCUT2D eigenvalue weighted by Crippen LogP contribution is 2.22. The number of hydrogen-bond acceptors (Lipinski definition) is 5. The molecular weight excluding hydrogens is 358 g/mol. The topological polar surface area (TPSA) is 69.7 Å². The zero-order chi connectivity index (χ0) is 17.7. The normalized spacial score (nSPS) is 16.6. The molecule has 1 aliphatic heterocycles. The summed E-state index contributed by atoms with van der Waals surface area (Å²) in [4.78, 5) is 14.1. The number of thiophene rings is 1. The van der Waals surface area contributed by atoms with Gasteiger partial charge in [-0.3, -0.25) is 4.79 Å². The predicted molar refractivity (Wildman–Crippen MR) is 99.2 cm³/mol. The highest BCUT2D eigenvalue weighted by Gasteiger charge is 2.29. The average Bonchev–Trinajstić information content (AvgIpc) is 3.17. The van der Waals surface area contributed by atoms with Crippen molar-refractivity contribution in [1.82, 2.24) is 9.21 Å². The zero-order valence-electron chi connectivity index (χ0n) is 13.8. The van der Waals surface area contributed by atoms with Crippen molar-refractivity contribution in [2.75, 3.05) is 38.0 Å². The Bertz CT molecular complexity index is 784. The first kappa shape index (κ1) is 18.1. The predicted octanol–water partition coefficient (Wildman–Crippen LogP) is 2.08. The summed E-state index contributed by atoms with van der Waals surface area (Å²) < 4.78 is 26.9. The van der Waals surface area contributed by atoms with Gasteiger partial charge in [-0.05, 0) is 23.6 Å². The van der Waals surface area contributed by atoms with Crippen LogP contribution in [0.5, 0.6) is 0 Å². The lowest BCUT2D eigenvalue weighted by molar-refractivity contribution is -0.116. The Morgan fingerprint density at radius 3 is 2.40 bits per heavy atom. The number of amides is 1. The molecule has 134 valence electrons. The third-order valence-corrected chi connectivity index (χ3v) is 7.40. The maximum Gasteiger partial charge on any atom is 0.252 e. The molecule has 0 atom stereocenters. The van der Waals surface area contributed by atoms with E-state index in [4.69, 9.17) is 0 Å². The van der Waals surface area contributed by atoms with Crippen molar-refractivity contribution >= 4 is 33.0 Å². The van der Waals surface area contributed by atoms with Crippen LogP contribution in [0.1, 0.15) is 6.42 Å². The minimum Gasteiger partial charge on any atom is -0.326 e. The van der Waals surface area contributed by atoms with Crippen LogP contribution in [0.3, 0.4) is 0 Å². The monoisotopic (exact) mass is 379 g/mol. The molecule has 0 unspecified atom stereocenters. The van der Waals surface area contributed by atoms with Gasteiger partial charge in [0.25, 0.3) is 10.0 Å². The van der Waals surface area contributed by atoms with Gasteiger partial charge in [0.2, 0.25) is 5.91 Å². The van der Waals surface area contributed by atoms with E-state index in [0.717, 1.165) is 5.69 Å². The van der Waals surface area contributed by atoms with Crippen LogP contribution < -0.4 is 5.32 Å². The molecule has 6 nitrogen and oxygen atoms in total. The fourth-order valence-electron chi connectivity index (χ4n) is 2.74. The summed E-state index contributed by atoms with van der Waals surface area (Å²) in [6.07, 6.45) is 0.395. The lowest BCUT2D eigenvalue weighted by Crippen LogP contribution is -2.48. The third-order valence-electron chi connectivity index (χ3n) is 4.13. The van der Waals surface area contributed by atoms with E-state index in [-0.39, 0.29) is 5.91 Å². The lowest BCUT2D eigenvalue weighted by Gasteiger charge is -2.33. The minimum atomic E-state index is -3.37. The van der Waals surface area contributed by atoms with Crippen molar-refractivity contribution in [2.24, 2.45) is 0 Å². The summed E-state index contributed by atoms with van der Waals surface area (Å²) in [6.45, 7) is 2.83. The molecule has 1 aromatic carbocycles. The van der Waals surface area contributed by atoms with Crippen molar-refractivity contribution in [3.8, 4) is 0 Å². The van der Waals surface area contributed by atoms with Crippen LogP contribution in [-0.2, 0) is 14.8 Å². The maximum atomic E-state index is 12.5. The number of anilines is 1. The fourth-order valence-corrected chi connectivity index (χ4v) is 5.30. The number of carbonyl (C=O) groups excluding carboxylic acids is 1. The number of piperazine rings is 1. The van der Waals surface area contributed by atoms with Gasteiger partial charge in [0.1, 0.15) is 4.21 Å². The van der Waals surface area contributed by atoms with E-state index in [9.17, 15) is 13.2 Å². The van der Waals surface area contributed by atoms with Gasteiger partial charge in [0.05, 0.1) is 0 Å². The quantitative estimate of drug-likeness (QED) is 0.834. The molecule has 1 fully saturated rings. The number of sulfonamides is 1. The summed E-state index contributed by atoms with van der Waals surface area (Å²) >= 11 is 1.24. The average molecular weight is 380 g/mol. The van der Waals surface area contributed by atoms with Crippen molar-refractivity contribution in [3.63, 3.8) is 0 Å². The van der Waals surface area contributed by atoms with Crippen LogP contribution in [0.15, 0.2) is 52.1 Å². The number of hydrogen-bond donors (Lipinski definition) is 1. The van der Waals surface area contributed by atoms with Crippen molar-refractivity contribution in [3.05, 3.63) is 47.8 Å². The smallest absolute Gasteiger partial charge is 0.252 e. The zero-order valence-corrected chi connectivity index (χ0v) is 15.4. The molecule has 1 aliphatic rings. The standard InChI is InChI=1S/C17H21N3O3S2/c21-16(18-15-5-2-1-3-6-15)8-9-19-10-12-20(13-11-19)25(22,23)17-7-4-14-24-17/h1-7,14H,8-13H2,(H,18,21). The Hall–Kier alpha value is -1.74. The molecule has 2 aromatic rings. The Balaban J connectivity index is 1.44. The van der Waals surface area contributed by atoms with Crippen molar-refractivity contribution < 1.29 is 13.2 Å². The largest absolute Gasteiger partial charge is 0.326 e. The SMILES string of the molecule is O=C(CCN1CCN(S(=O)(=O)c2cccs2)CC1)Nc1ccccc1. The van der Waals surface area contributed by atoms with Crippen LogP contribution in [0, 0.1) is 0 Å². The second kappa shape index (κ2) is 8.09. The van der Waals surface area contributed by atoms with E-state index < -0.39 is 10.0 Å². The fraction of sp³-hybridized carbons (Fsp3) is 0.353. The Kier molecular flexibility index (Phi) is 5.85. The van der Waals surface area contributed by atoms with Crippen LogP contribution in [-0.4, -0.2) is 56.3 Å². The lowest BCUT2D eigenvalue weighted by atomic mass is 10.3. The van der Waals surface area contributed by atoms with Gasteiger partial charge in [0.15, 0.2) is 0 Å². The van der Waals surface area contributed by atoms with Crippen molar-refractivity contribution in [1.29, 1.82) is 0 Å². The minimum absolute atomic E-state index is 0.0279. The molecule has 0 aliphatic carbocycles. The van der Waals surface area contributed by atoms with Crippen molar-refractivity contribution in [2.45, 2.75) is 10.6 Å². The van der Waals surface area contributed by atoms with E-state index in [0.29, 0.717) is 43.4 Å². The first-order valence-corrected chi connectivity index (χ1v) is 10.5. The molecule has 3 rings (SSSR count). The molecule has 2 heterocycles. The molecule has 1 amide bonds. The summed E-state index contributed by atoms with van der Waals surface area (Å²) in [6, 6.07) is 12.8. The molecule has 0 saturated carbocycles. The van der Waals surface area contributed by atoms with Crippen LogP contribution in [0.4, 0.5) is 5.69 Å².